The second-order valence-electron chi connectivity index (χ2n) is 5.29. The fourth-order valence-corrected chi connectivity index (χ4v) is 1.98. The summed E-state index contributed by atoms with van der Waals surface area (Å²) < 4.78 is 7.83. The van der Waals surface area contributed by atoms with Crippen molar-refractivity contribution in [2.45, 2.75) is 45.8 Å². The number of ether oxygens (including phenoxy) is 1. The van der Waals surface area contributed by atoms with Crippen LogP contribution in [0.4, 0.5) is 0 Å². The molecular formula is C11H19N3O. The number of aromatic nitrogens is 3. The third-order valence-electron chi connectivity index (χ3n) is 2.94. The summed E-state index contributed by atoms with van der Waals surface area (Å²) in [5, 5.41) is 8.20. The van der Waals surface area contributed by atoms with Crippen molar-refractivity contribution in [2.24, 2.45) is 5.92 Å². The molecule has 0 radical (unpaired) electrons. The van der Waals surface area contributed by atoms with Gasteiger partial charge in [0.2, 0.25) is 0 Å². The molecule has 1 fully saturated rings. The molecule has 0 bridgehead atoms. The van der Waals surface area contributed by atoms with E-state index in [1.165, 1.54) is 0 Å². The van der Waals surface area contributed by atoms with E-state index in [1.54, 1.807) is 6.33 Å². The third kappa shape index (κ3) is 1.91. The van der Waals surface area contributed by atoms with Gasteiger partial charge >= 0.3 is 0 Å². The van der Waals surface area contributed by atoms with E-state index < -0.39 is 0 Å². The van der Waals surface area contributed by atoms with Gasteiger partial charge in [-0.1, -0.05) is 6.92 Å². The van der Waals surface area contributed by atoms with Crippen LogP contribution in [0.25, 0.3) is 0 Å². The Kier molecular flexibility index (Phi) is 2.54. The topological polar surface area (TPSA) is 39.9 Å². The van der Waals surface area contributed by atoms with Crippen molar-refractivity contribution in [2.75, 3.05) is 6.61 Å². The highest BCUT2D eigenvalue weighted by Gasteiger charge is 2.32. The van der Waals surface area contributed by atoms with Gasteiger partial charge in [-0.05, 0) is 33.1 Å². The summed E-state index contributed by atoms with van der Waals surface area (Å²) in [4.78, 5) is 0. The monoisotopic (exact) mass is 209 g/mol. The SMILES string of the molecule is CC1CCOC1c1nncn1C(C)(C)C. The van der Waals surface area contributed by atoms with E-state index in [-0.39, 0.29) is 11.6 Å². The molecule has 0 spiro atoms. The van der Waals surface area contributed by atoms with Gasteiger partial charge in [0.1, 0.15) is 12.4 Å². The Bertz CT molecular complexity index is 340. The predicted octanol–water partition coefficient (Wildman–Crippen LogP) is 2.13. The molecule has 0 saturated carbocycles. The summed E-state index contributed by atoms with van der Waals surface area (Å²) in [5.41, 5.74) is 0.0184. The highest BCUT2D eigenvalue weighted by Crippen LogP contribution is 2.34. The highest BCUT2D eigenvalue weighted by atomic mass is 16.5. The first-order valence-electron chi connectivity index (χ1n) is 5.52. The first kappa shape index (κ1) is 10.6. The van der Waals surface area contributed by atoms with Crippen LogP contribution in [0, 0.1) is 5.92 Å². The maximum atomic E-state index is 5.72. The lowest BCUT2D eigenvalue weighted by Gasteiger charge is -2.25. The molecule has 2 rings (SSSR count). The lowest BCUT2D eigenvalue weighted by atomic mass is 10.0. The molecule has 1 aromatic heterocycles. The standard InChI is InChI=1S/C11H19N3O/c1-8-5-6-15-9(8)10-13-12-7-14(10)11(2,3)4/h7-9H,5-6H2,1-4H3. The third-order valence-corrected chi connectivity index (χ3v) is 2.94. The maximum absolute atomic E-state index is 5.72. The number of rotatable bonds is 1. The van der Waals surface area contributed by atoms with E-state index in [0.717, 1.165) is 18.9 Å². The Morgan fingerprint density at radius 1 is 1.47 bits per heavy atom. The van der Waals surface area contributed by atoms with Crippen molar-refractivity contribution in [3.63, 3.8) is 0 Å². The number of hydrogen-bond donors (Lipinski definition) is 0. The van der Waals surface area contributed by atoms with Crippen molar-refractivity contribution >= 4 is 0 Å². The van der Waals surface area contributed by atoms with Crippen LogP contribution in [0.3, 0.4) is 0 Å². The molecule has 1 aliphatic rings. The smallest absolute Gasteiger partial charge is 0.162 e. The zero-order valence-corrected chi connectivity index (χ0v) is 9.90. The van der Waals surface area contributed by atoms with E-state index in [2.05, 4.69) is 42.5 Å². The van der Waals surface area contributed by atoms with Crippen molar-refractivity contribution in [3.05, 3.63) is 12.2 Å². The van der Waals surface area contributed by atoms with Crippen LogP contribution in [0.1, 0.15) is 46.0 Å². The maximum Gasteiger partial charge on any atom is 0.162 e. The average Bonchev–Trinajstić information content (AvgIpc) is 2.69. The first-order chi connectivity index (χ1) is 7.00. The molecule has 4 nitrogen and oxygen atoms in total. The van der Waals surface area contributed by atoms with Gasteiger partial charge in [0.05, 0.1) is 0 Å². The Hall–Kier alpha value is -0.900. The van der Waals surface area contributed by atoms with Gasteiger partial charge in [-0.3, -0.25) is 0 Å². The molecule has 2 unspecified atom stereocenters. The van der Waals surface area contributed by atoms with Crippen LogP contribution in [0.2, 0.25) is 0 Å². The average molecular weight is 209 g/mol. The second kappa shape index (κ2) is 3.59. The van der Waals surface area contributed by atoms with E-state index in [4.69, 9.17) is 4.74 Å². The molecule has 15 heavy (non-hydrogen) atoms. The minimum absolute atomic E-state index is 0.0184. The summed E-state index contributed by atoms with van der Waals surface area (Å²) in [6.07, 6.45) is 3.03. The van der Waals surface area contributed by atoms with Crippen LogP contribution in [0.5, 0.6) is 0 Å². The minimum Gasteiger partial charge on any atom is -0.370 e. The second-order valence-corrected chi connectivity index (χ2v) is 5.29. The Morgan fingerprint density at radius 2 is 2.20 bits per heavy atom. The van der Waals surface area contributed by atoms with Gasteiger partial charge < -0.3 is 9.30 Å². The molecule has 0 N–H and O–H groups in total. The Labute approximate surface area is 90.7 Å². The van der Waals surface area contributed by atoms with E-state index in [9.17, 15) is 0 Å². The lowest BCUT2D eigenvalue weighted by molar-refractivity contribution is 0.0802. The minimum atomic E-state index is 0.0184. The molecule has 2 heterocycles. The van der Waals surface area contributed by atoms with Gasteiger partial charge in [-0.15, -0.1) is 10.2 Å². The lowest BCUT2D eigenvalue weighted by Crippen LogP contribution is -2.25. The van der Waals surface area contributed by atoms with Crippen LogP contribution in [-0.2, 0) is 10.3 Å². The van der Waals surface area contributed by atoms with Crippen LogP contribution < -0.4 is 0 Å². The predicted molar refractivity (Wildman–Crippen MR) is 57.5 cm³/mol. The largest absolute Gasteiger partial charge is 0.370 e. The van der Waals surface area contributed by atoms with Crippen LogP contribution in [-0.4, -0.2) is 21.4 Å². The van der Waals surface area contributed by atoms with Crippen molar-refractivity contribution in [1.82, 2.24) is 14.8 Å². The number of nitrogens with zero attached hydrogens (tertiary/aromatic N) is 3. The fourth-order valence-electron chi connectivity index (χ4n) is 1.98. The summed E-state index contributed by atoms with van der Waals surface area (Å²) in [5.74, 6) is 1.50. The van der Waals surface area contributed by atoms with Gasteiger partial charge in [-0.25, -0.2) is 0 Å². The zero-order chi connectivity index (χ0) is 11.1. The Morgan fingerprint density at radius 3 is 2.73 bits per heavy atom. The molecule has 1 aliphatic heterocycles. The first-order valence-corrected chi connectivity index (χ1v) is 5.52. The molecule has 1 aromatic rings. The fraction of sp³-hybridized carbons (Fsp3) is 0.818. The highest BCUT2D eigenvalue weighted by molar-refractivity contribution is 4.99. The van der Waals surface area contributed by atoms with Crippen molar-refractivity contribution in [1.29, 1.82) is 0 Å². The molecule has 0 aliphatic carbocycles. The van der Waals surface area contributed by atoms with Gasteiger partial charge in [0, 0.05) is 12.1 Å². The summed E-state index contributed by atoms with van der Waals surface area (Å²) in [7, 11) is 0. The number of hydrogen-bond acceptors (Lipinski definition) is 3. The molecule has 2 atom stereocenters. The normalized spacial score (nSPS) is 27.2. The molecule has 0 aromatic carbocycles. The Balaban J connectivity index is 2.32. The van der Waals surface area contributed by atoms with Crippen LogP contribution >= 0.6 is 0 Å². The molecule has 84 valence electrons. The van der Waals surface area contributed by atoms with Gasteiger partial charge in [0.15, 0.2) is 5.82 Å². The van der Waals surface area contributed by atoms with E-state index in [1.807, 2.05) is 0 Å². The van der Waals surface area contributed by atoms with Gasteiger partial charge in [0.25, 0.3) is 0 Å². The molecule has 4 heteroatoms. The summed E-state index contributed by atoms with van der Waals surface area (Å²) in [6, 6.07) is 0. The quantitative estimate of drug-likeness (QED) is 0.711. The van der Waals surface area contributed by atoms with Gasteiger partial charge in [-0.2, -0.15) is 0 Å². The van der Waals surface area contributed by atoms with Crippen molar-refractivity contribution in [3.8, 4) is 0 Å². The summed E-state index contributed by atoms with van der Waals surface area (Å²) in [6.45, 7) is 9.50. The summed E-state index contributed by atoms with van der Waals surface area (Å²) >= 11 is 0. The van der Waals surface area contributed by atoms with Crippen molar-refractivity contribution < 1.29 is 4.74 Å². The van der Waals surface area contributed by atoms with E-state index in [0.29, 0.717) is 5.92 Å². The molecule has 1 saturated heterocycles. The molecular weight excluding hydrogens is 190 g/mol. The zero-order valence-electron chi connectivity index (χ0n) is 9.90. The molecule has 0 amide bonds. The van der Waals surface area contributed by atoms with Crippen LogP contribution in [0.15, 0.2) is 6.33 Å². The van der Waals surface area contributed by atoms with E-state index >= 15 is 0 Å².